The number of aliphatic hydroxyl groups excluding tert-OH is 2. The highest BCUT2D eigenvalue weighted by atomic mass is 19.4. The van der Waals surface area contributed by atoms with Crippen LogP contribution in [0.4, 0.5) is 18.9 Å². The van der Waals surface area contributed by atoms with Gasteiger partial charge in [0.15, 0.2) is 6.10 Å². The Balaban J connectivity index is 3.14. The van der Waals surface area contributed by atoms with Crippen LogP contribution < -0.4 is 10.5 Å². The van der Waals surface area contributed by atoms with Gasteiger partial charge in [0.25, 0.3) is 0 Å². The molecule has 0 fully saturated rings. The number of anilines is 1. The summed E-state index contributed by atoms with van der Waals surface area (Å²) in [7, 11) is 0.949. The summed E-state index contributed by atoms with van der Waals surface area (Å²) in [6.07, 6.45) is -9.05. The molecule has 0 radical (unpaired) electrons. The summed E-state index contributed by atoms with van der Waals surface area (Å²) in [4.78, 5) is 11.1. The number of nitrogens with two attached hydrogens (primary N) is 1. The smallest absolute Gasteiger partial charge is 0.467 e. The van der Waals surface area contributed by atoms with Crippen molar-refractivity contribution < 1.29 is 37.7 Å². The fourth-order valence-corrected chi connectivity index (χ4v) is 1.44. The van der Waals surface area contributed by atoms with Crippen molar-refractivity contribution in [1.29, 1.82) is 0 Å². The average Bonchev–Trinajstić information content (AvgIpc) is 2.36. The van der Waals surface area contributed by atoms with Gasteiger partial charge in [0.1, 0.15) is 11.9 Å². The lowest BCUT2D eigenvalue weighted by Crippen LogP contribution is -2.30. The summed E-state index contributed by atoms with van der Waals surface area (Å²) in [5.74, 6) is -1.99. The first-order valence-electron chi connectivity index (χ1n) is 5.25. The van der Waals surface area contributed by atoms with Gasteiger partial charge in [-0.3, -0.25) is 0 Å². The number of aliphatic hydroxyl groups is 2. The van der Waals surface area contributed by atoms with E-state index >= 15 is 0 Å². The van der Waals surface area contributed by atoms with Crippen LogP contribution in [-0.2, 0) is 9.53 Å². The van der Waals surface area contributed by atoms with Gasteiger partial charge in [0, 0.05) is 11.3 Å². The molecule has 0 amide bonds. The summed E-state index contributed by atoms with van der Waals surface area (Å²) in [6.45, 7) is 0. The Bertz CT molecular complexity index is 491. The summed E-state index contributed by atoms with van der Waals surface area (Å²) in [5, 5.41) is 19.2. The molecule has 0 aliphatic rings. The normalized spacial score (nSPS) is 14.5. The topological polar surface area (TPSA) is 102 Å². The van der Waals surface area contributed by atoms with Crippen molar-refractivity contribution in [2.45, 2.75) is 18.6 Å². The highest BCUT2D eigenvalue weighted by molar-refractivity contribution is 5.75. The van der Waals surface area contributed by atoms with Crippen LogP contribution in [0.1, 0.15) is 11.7 Å². The molecule has 6 nitrogen and oxygen atoms in total. The van der Waals surface area contributed by atoms with Gasteiger partial charge >= 0.3 is 12.3 Å². The third-order valence-electron chi connectivity index (χ3n) is 2.32. The molecule has 112 valence electrons. The van der Waals surface area contributed by atoms with E-state index in [1.165, 1.54) is 0 Å². The van der Waals surface area contributed by atoms with Gasteiger partial charge in [-0.15, -0.1) is 13.2 Å². The molecule has 0 bridgehead atoms. The predicted octanol–water partition coefficient (Wildman–Crippen LogP) is 0.735. The zero-order chi connectivity index (χ0) is 15.5. The van der Waals surface area contributed by atoms with Crippen LogP contribution in [0.25, 0.3) is 0 Å². The van der Waals surface area contributed by atoms with Crippen LogP contribution in [0.3, 0.4) is 0 Å². The zero-order valence-electron chi connectivity index (χ0n) is 10.2. The molecule has 2 atom stereocenters. The number of alkyl halides is 3. The molecular formula is C11H12F3NO5. The van der Waals surface area contributed by atoms with Crippen molar-refractivity contribution >= 4 is 11.7 Å². The Morgan fingerprint density at radius 2 is 1.95 bits per heavy atom. The molecule has 4 N–H and O–H groups in total. The van der Waals surface area contributed by atoms with Crippen LogP contribution in [0.2, 0.25) is 0 Å². The number of carbonyl (C=O) groups is 1. The quantitative estimate of drug-likeness (QED) is 0.559. The average molecular weight is 295 g/mol. The summed E-state index contributed by atoms with van der Waals surface area (Å²) in [6, 6.07) is 2.94. The Hall–Kier alpha value is -2.00. The SMILES string of the molecule is COC(=O)C(O)C(O)c1cc(N)ccc1OC(F)(F)F. The Kier molecular flexibility index (Phi) is 4.79. The largest absolute Gasteiger partial charge is 0.573 e. The molecule has 1 rings (SSSR count). The Labute approximate surface area is 111 Å². The van der Waals surface area contributed by atoms with E-state index < -0.39 is 35.9 Å². The third-order valence-corrected chi connectivity index (χ3v) is 2.32. The van der Waals surface area contributed by atoms with E-state index in [1.807, 2.05) is 0 Å². The van der Waals surface area contributed by atoms with E-state index in [-0.39, 0.29) is 5.69 Å². The van der Waals surface area contributed by atoms with Crippen molar-refractivity contribution in [3.8, 4) is 5.75 Å². The van der Waals surface area contributed by atoms with E-state index in [1.54, 1.807) is 0 Å². The Morgan fingerprint density at radius 3 is 2.45 bits per heavy atom. The molecule has 1 aromatic carbocycles. The number of esters is 1. The molecule has 0 saturated heterocycles. The molecular weight excluding hydrogens is 283 g/mol. The lowest BCUT2D eigenvalue weighted by atomic mass is 10.0. The molecule has 0 aromatic heterocycles. The summed E-state index contributed by atoms with van der Waals surface area (Å²) >= 11 is 0. The molecule has 0 aliphatic heterocycles. The molecule has 2 unspecified atom stereocenters. The van der Waals surface area contributed by atoms with Crippen LogP contribution in [0.15, 0.2) is 18.2 Å². The fourth-order valence-electron chi connectivity index (χ4n) is 1.44. The number of halogens is 3. The molecule has 0 saturated carbocycles. The summed E-state index contributed by atoms with van der Waals surface area (Å²) < 4.78 is 44.5. The number of rotatable bonds is 4. The first-order valence-corrected chi connectivity index (χ1v) is 5.25. The lowest BCUT2D eigenvalue weighted by molar-refractivity contribution is -0.275. The van der Waals surface area contributed by atoms with Crippen LogP contribution in [0, 0.1) is 0 Å². The van der Waals surface area contributed by atoms with E-state index in [2.05, 4.69) is 9.47 Å². The zero-order valence-corrected chi connectivity index (χ0v) is 10.2. The van der Waals surface area contributed by atoms with Gasteiger partial charge in [0.2, 0.25) is 0 Å². The fraction of sp³-hybridized carbons (Fsp3) is 0.364. The number of methoxy groups -OCH3 is 1. The van der Waals surface area contributed by atoms with E-state index in [4.69, 9.17) is 5.73 Å². The molecule has 20 heavy (non-hydrogen) atoms. The van der Waals surface area contributed by atoms with Crippen molar-refractivity contribution in [2.24, 2.45) is 0 Å². The van der Waals surface area contributed by atoms with E-state index in [0.29, 0.717) is 0 Å². The van der Waals surface area contributed by atoms with Crippen molar-refractivity contribution in [3.05, 3.63) is 23.8 Å². The molecule has 0 spiro atoms. The highest BCUT2D eigenvalue weighted by Gasteiger charge is 2.35. The monoisotopic (exact) mass is 295 g/mol. The second kappa shape index (κ2) is 5.97. The van der Waals surface area contributed by atoms with Crippen molar-refractivity contribution in [2.75, 3.05) is 12.8 Å². The van der Waals surface area contributed by atoms with Crippen LogP contribution in [0.5, 0.6) is 5.75 Å². The first kappa shape index (κ1) is 16.1. The number of benzene rings is 1. The highest BCUT2D eigenvalue weighted by Crippen LogP contribution is 2.33. The second-order valence-electron chi connectivity index (χ2n) is 3.76. The molecule has 0 aliphatic carbocycles. The number of ether oxygens (including phenoxy) is 2. The number of hydrogen-bond acceptors (Lipinski definition) is 6. The van der Waals surface area contributed by atoms with Gasteiger partial charge in [-0.1, -0.05) is 0 Å². The minimum Gasteiger partial charge on any atom is -0.467 e. The molecule has 0 heterocycles. The van der Waals surface area contributed by atoms with Crippen LogP contribution >= 0.6 is 0 Å². The lowest BCUT2D eigenvalue weighted by Gasteiger charge is -2.20. The predicted molar refractivity (Wildman–Crippen MR) is 60.5 cm³/mol. The summed E-state index contributed by atoms with van der Waals surface area (Å²) in [5.41, 5.74) is 4.93. The Morgan fingerprint density at radius 1 is 1.35 bits per heavy atom. The van der Waals surface area contributed by atoms with Crippen molar-refractivity contribution in [1.82, 2.24) is 0 Å². The van der Waals surface area contributed by atoms with Crippen LogP contribution in [-0.4, -0.2) is 35.8 Å². The van der Waals surface area contributed by atoms with Gasteiger partial charge < -0.3 is 25.4 Å². The first-order chi connectivity index (χ1) is 9.15. The standard InChI is InChI=1S/C11H12F3NO5/c1-19-10(18)9(17)8(16)6-4-5(15)2-3-7(6)20-11(12,13)14/h2-4,8-9,16-17H,15H2,1H3. The maximum absolute atomic E-state index is 12.2. The van der Waals surface area contributed by atoms with Gasteiger partial charge in [-0.05, 0) is 18.2 Å². The van der Waals surface area contributed by atoms with Gasteiger partial charge in [0.05, 0.1) is 7.11 Å². The third kappa shape index (κ3) is 4.00. The van der Waals surface area contributed by atoms with Crippen molar-refractivity contribution in [3.63, 3.8) is 0 Å². The molecule has 1 aromatic rings. The van der Waals surface area contributed by atoms with Gasteiger partial charge in [-0.25, -0.2) is 4.79 Å². The maximum atomic E-state index is 12.2. The van der Waals surface area contributed by atoms with Gasteiger partial charge in [-0.2, -0.15) is 0 Å². The number of hydrogen-bond donors (Lipinski definition) is 3. The number of carbonyl (C=O) groups excluding carboxylic acids is 1. The molecule has 9 heteroatoms. The minimum absolute atomic E-state index is 0.0191. The van der Waals surface area contributed by atoms with E-state index in [0.717, 1.165) is 25.3 Å². The maximum Gasteiger partial charge on any atom is 0.573 e. The number of nitrogen functional groups attached to an aromatic ring is 1. The second-order valence-corrected chi connectivity index (χ2v) is 3.76. The minimum atomic E-state index is -5.00. The van der Waals surface area contributed by atoms with E-state index in [9.17, 15) is 28.2 Å².